The van der Waals surface area contributed by atoms with E-state index in [1.807, 2.05) is 6.20 Å². The zero-order valence-electron chi connectivity index (χ0n) is 9.73. The van der Waals surface area contributed by atoms with E-state index < -0.39 is 0 Å². The third-order valence-corrected chi connectivity index (χ3v) is 3.66. The normalized spacial score (nSPS) is 10.9. The predicted molar refractivity (Wildman–Crippen MR) is 68.5 cm³/mol. The van der Waals surface area contributed by atoms with Crippen LogP contribution in [-0.2, 0) is 13.1 Å². The fourth-order valence-corrected chi connectivity index (χ4v) is 2.56. The van der Waals surface area contributed by atoms with Gasteiger partial charge in [0.05, 0.1) is 6.20 Å². The summed E-state index contributed by atoms with van der Waals surface area (Å²) in [4.78, 5) is 1.22. The standard InChI is InChI=1S/C12H17N3S/c1-3-4-15-9(2)12(7-14-15)10-5-11(6-13)16-8-10/h5,7-8H,3-4,6,13H2,1-2H3. The van der Waals surface area contributed by atoms with Gasteiger partial charge in [0.15, 0.2) is 0 Å². The first kappa shape index (κ1) is 11.4. The van der Waals surface area contributed by atoms with Crippen molar-refractivity contribution in [2.24, 2.45) is 5.73 Å². The van der Waals surface area contributed by atoms with Gasteiger partial charge < -0.3 is 5.73 Å². The lowest BCUT2D eigenvalue weighted by Crippen LogP contribution is -2.00. The molecule has 4 heteroatoms. The largest absolute Gasteiger partial charge is 0.326 e. The Morgan fingerprint density at radius 1 is 1.50 bits per heavy atom. The molecule has 0 aliphatic carbocycles. The van der Waals surface area contributed by atoms with Crippen molar-refractivity contribution in [3.8, 4) is 11.1 Å². The van der Waals surface area contributed by atoms with Crippen LogP contribution in [0.1, 0.15) is 23.9 Å². The van der Waals surface area contributed by atoms with Crippen molar-refractivity contribution in [1.82, 2.24) is 9.78 Å². The Bertz CT molecular complexity index is 470. The molecule has 0 spiro atoms. The fraction of sp³-hybridized carbons (Fsp3) is 0.417. The average molecular weight is 235 g/mol. The van der Waals surface area contributed by atoms with Crippen molar-refractivity contribution in [2.75, 3.05) is 0 Å². The van der Waals surface area contributed by atoms with Crippen LogP contribution in [0.3, 0.4) is 0 Å². The first-order valence-corrected chi connectivity index (χ1v) is 6.44. The molecule has 16 heavy (non-hydrogen) atoms. The molecule has 3 nitrogen and oxygen atoms in total. The van der Waals surface area contributed by atoms with E-state index in [9.17, 15) is 0 Å². The second-order valence-electron chi connectivity index (χ2n) is 3.87. The van der Waals surface area contributed by atoms with Crippen molar-refractivity contribution in [1.29, 1.82) is 0 Å². The van der Waals surface area contributed by atoms with Crippen LogP contribution in [0.2, 0.25) is 0 Å². The van der Waals surface area contributed by atoms with Gasteiger partial charge in [-0.2, -0.15) is 5.10 Å². The molecule has 0 saturated heterocycles. The van der Waals surface area contributed by atoms with Gasteiger partial charge in [-0.3, -0.25) is 4.68 Å². The molecule has 86 valence electrons. The quantitative estimate of drug-likeness (QED) is 0.885. The van der Waals surface area contributed by atoms with E-state index in [0.29, 0.717) is 6.54 Å². The van der Waals surface area contributed by atoms with E-state index in [1.54, 1.807) is 11.3 Å². The van der Waals surface area contributed by atoms with Crippen LogP contribution in [0.5, 0.6) is 0 Å². The minimum atomic E-state index is 0.618. The van der Waals surface area contributed by atoms with E-state index in [4.69, 9.17) is 5.73 Å². The zero-order chi connectivity index (χ0) is 11.5. The summed E-state index contributed by atoms with van der Waals surface area (Å²) in [6.45, 7) is 5.89. The maximum atomic E-state index is 5.62. The number of thiophene rings is 1. The van der Waals surface area contributed by atoms with Crippen molar-refractivity contribution in [2.45, 2.75) is 33.4 Å². The lowest BCUT2D eigenvalue weighted by atomic mass is 10.1. The number of nitrogens with zero attached hydrogens (tertiary/aromatic N) is 2. The fourth-order valence-electron chi connectivity index (χ4n) is 1.80. The molecule has 2 aromatic rings. The zero-order valence-corrected chi connectivity index (χ0v) is 10.5. The van der Waals surface area contributed by atoms with Gasteiger partial charge in [0.2, 0.25) is 0 Å². The lowest BCUT2D eigenvalue weighted by molar-refractivity contribution is 0.587. The van der Waals surface area contributed by atoms with Crippen molar-refractivity contribution in [3.05, 3.63) is 28.2 Å². The van der Waals surface area contributed by atoms with Crippen molar-refractivity contribution >= 4 is 11.3 Å². The molecule has 0 aliphatic rings. The summed E-state index contributed by atoms with van der Waals surface area (Å²) < 4.78 is 2.06. The number of nitrogens with two attached hydrogens (primary N) is 1. The second kappa shape index (κ2) is 4.80. The molecule has 0 saturated carbocycles. The van der Waals surface area contributed by atoms with Crippen LogP contribution in [-0.4, -0.2) is 9.78 Å². The van der Waals surface area contributed by atoms with E-state index in [2.05, 4.69) is 35.1 Å². The first-order chi connectivity index (χ1) is 7.76. The van der Waals surface area contributed by atoms with Gasteiger partial charge in [-0.15, -0.1) is 11.3 Å². The summed E-state index contributed by atoms with van der Waals surface area (Å²) in [6, 6.07) is 2.16. The number of hydrogen-bond acceptors (Lipinski definition) is 3. The molecular weight excluding hydrogens is 218 g/mol. The van der Waals surface area contributed by atoms with Crippen LogP contribution in [0.4, 0.5) is 0 Å². The number of hydrogen-bond donors (Lipinski definition) is 1. The van der Waals surface area contributed by atoms with Gasteiger partial charge in [-0.1, -0.05) is 6.92 Å². The minimum absolute atomic E-state index is 0.618. The van der Waals surface area contributed by atoms with Crippen LogP contribution in [0.25, 0.3) is 11.1 Å². The third kappa shape index (κ3) is 2.03. The highest BCUT2D eigenvalue weighted by molar-refractivity contribution is 7.10. The molecule has 0 atom stereocenters. The predicted octanol–water partition coefficient (Wildman–Crippen LogP) is 2.79. The Balaban J connectivity index is 2.33. The van der Waals surface area contributed by atoms with Crippen LogP contribution < -0.4 is 5.73 Å². The summed E-state index contributed by atoms with van der Waals surface area (Å²) in [5.41, 5.74) is 9.33. The molecule has 2 N–H and O–H groups in total. The van der Waals surface area contributed by atoms with Crippen molar-refractivity contribution < 1.29 is 0 Å². The molecule has 0 amide bonds. The number of aromatic nitrogens is 2. The summed E-state index contributed by atoms with van der Waals surface area (Å²) >= 11 is 1.71. The molecule has 0 aliphatic heterocycles. The maximum absolute atomic E-state index is 5.62. The summed E-state index contributed by atoms with van der Waals surface area (Å²) in [6.07, 6.45) is 3.06. The number of rotatable bonds is 4. The molecule has 0 aromatic carbocycles. The van der Waals surface area contributed by atoms with Gasteiger partial charge >= 0.3 is 0 Å². The van der Waals surface area contributed by atoms with E-state index in [1.165, 1.54) is 21.7 Å². The monoisotopic (exact) mass is 235 g/mol. The third-order valence-electron chi connectivity index (χ3n) is 2.70. The SMILES string of the molecule is CCCn1ncc(-c2csc(CN)c2)c1C. The molecule has 2 aromatic heterocycles. The smallest absolute Gasteiger partial charge is 0.0571 e. The highest BCUT2D eigenvalue weighted by Crippen LogP contribution is 2.27. The van der Waals surface area contributed by atoms with E-state index >= 15 is 0 Å². The number of aryl methyl sites for hydroxylation is 1. The van der Waals surface area contributed by atoms with Gasteiger partial charge in [0.25, 0.3) is 0 Å². The van der Waals surface area contributed by atoms with Crippen LogP contribution >= 0.6 is 11.3 Å². The van der Waals surface area contributed by atoms with Crippen molar-refractivity contribution in [3.63, 3.8) is 0 Å². The lowest BCUT2D eigenvalue weighted by Gasteiger charge is -2.02. The topological polar surface area (TPSA) is 43.8 Å². The van der Waals surface area contributed by atoms with Crippen LogP contribution in [0.15, 0.2) is 17.6 Å². The average Bonchev–Trinajstić information content (AvgIpc) is 2.87. The highest BCUT2D eigenvalue weighted by atomic mass is 32.1. The minimum Gasteiger partial charge on any atom is -0.326 e. The molecule has 0 fully saturated rings. The van der Waals surface area contributed by atoms with Gasteiger partial charge in [0.1, 0.15) is 0 Å². The Hall–Kier alpha value is -1.13. The molecule has 0 bridgehead atoms. The second-order valence-corrected chi connectivity index (χ2v) is 4.87. The van der Waals surface area contributed by atoms with E-state index in [-0.39, 0.29) is 0 Å². The molecular formula is C12H17N3S. The molecule has 0 radical (unpaired) electrons. The van der Waals surface area contributed by atoms with Gasteiger partial charge in [-0.25, -0.2) is 0 Å². The molecule has 0 unspecified atom stereocenters. The Morgan fingerprint density at radius 2 is 2.31 bits per heavy atom. The summed E-state index contributed by atoms with van der Waals surface area (Å²) in [7, 11) is 0. The highest BCUT2D eigenvalue weighted by Gasteiger charge is 2.09. The summed E-state index contributed by atoms with van der Waals surface area (Å²) in [5, 5.41) is 6.56. The maximum Gasteiger partial charge on any atom is 0.0571 e. The van der Waals surface area contributed by atoms with E-state index in [0.717, 1.165) is 13.0 Å². The molecule has 2 heterocycles. The Labute approximate surface area is 99.9 Å². The first-order valence-electron chi connectivity index (χ1n) is 5.56. The van der Waals surface area contributed by atoms with Crippen LogP contribution in [0, 0.1) is 6.92 Å². The Kier molecular flexibility index (Phi) is 3.41. The van der Waals surface area contributed by atoms with Gasteiger partial charge in [-0.05, 0) is 30.4 Å². The summed E-state index contributed by atoms with van der Waals surface area (Å²) in [5.74, 6) is 0. The van der Waals surface area contributed by atoms with Gasteiger partial charge in [0, 0.05) is 29.2 Å². The molecule has 2 rings (SSSR count). The Morgan fingerprint density at radius 3 is 2.94 bits per heavy atom.